The predicted octanol–water partition coefficient (Wildman–Crippen LogP) is 13.9. The Morgan fingerprint density at radius 2 is 1.23 bits per heavy atom. The van der Waals surface area contributed by atoms with Crippen LogP contribution in [0.5, 0.6) is 0 Å². The number of benzene rings is 6. The SMILES string of the molecule is CC(C)C1=CC2=C(c3ccccc3)C(C)SC2=[C-]1.Cc1cc2c(-c3cccc4ccccc34)cc(-c3cccc4ccccc34)cc2[cH-]1.[CH3-].[CH3-].[Si]=[Zr]. The van der Waals surface area contributed by atoms with Gasteiger partial charge in [-0.2, -0.15) is 23.3 Å². The van der Waals surface area contributed by atoms with E-state index < -0.39 is 0 Å². The Balaban J connectivity index is 0.000000205. The number of thioether (sulfide) groups is 1. The van der Waals surface area contributed by atoms with Crippen LogP contribution in [0.3, 0.4) is 0 Å². The third-order valence-electron chi connectivity index (χ3n) is 9.65. The Labute approximate surface area is 332 Å². The number of hydrogen-bond acceptors (Lipinski definition) is 1. The molecule has 7 aromatic rings. The van der Waals surface area contributed by atoms with Crippen LogP contribution in [0.15, 0.2) is 162 Å². The van der Waals surface area contributed by atoms with Crippen molar-refractivity contribution in [3.63, 3.8) is 0 Å². The van der Waals surface area contributed by atoms with Crippen molar-refractivity contribution in [3.05, 3.63) is 194 Å². The van der Waals surface area contributed by atoms with Gasteiger partial charge >= 0.3 is 30.2 Å². The fourth-order valence-electron chi connectivity index (χ4n) is 7.31. The van der Waals surface area contributed by atoms with Crippen molar-refractivity contribution in [2.75, 3.05) is 0 Å². The molecule has 258 valence electrons. The van der Waals surface area contributed by atoms with Crippen LogP contribution in [-0.4, -0.2) is 12.1 Å². The molecule has 9 rings (SSSR count). The zero-order chi connectivity index (χ0) is 34.8. The van der Waals surface area contributed by atoms with Gasteiger partial charge in [-0.25, -0.2) is 6.08 Å². The summed E-state index contributed by atoms with van der Waals surface area (Å²) in [5.74, 6) is 0.559. The summed E-state index contributed by atoms with van der Waals surface area (Å²) >= 11 is 3.30. The molecule has 0 saturated heterocycles. The fraction of sp³-hybridized carbons (Fsp3) is 0.122. The molecule has 3 heteroatoms. The van der Waals surface area contributed by atoms with Gasteiger partial charge in [-0.3, -0.25) is 0 Å². The van der Waals surface area contributed by atoms with Crippen molar-refractivity contribution < 1.29 is 23.3 Å². The minimum absolute atomic E-state index is 0. The Morgan fingerprint density at radius 1 is 0.654 bits per heavy atom. The summed E-state index contributed by atoms with van der Waals surface area (Å²) in [6, 6.07) is 50.6. The molecule has 7 aromatic carbocycles. The van der Waals surface area contributed by atoms with E-state index in [1.54, 1.807) is 0 Å². The molecule has 1 aliphatic heterocycles. The Morgan fingerprint density at radius 3 is 1.88 bits per heavy atom. The number of hydrogen-bond donors (Lipinski definition) is 0. The number of fused-ring (bicyclic) bond motifs is 4. The van der Waals surface area contributed by atoms with E-state index in [0.29, 0.717) is 11.2 Å². The second-order valence-corrected chi connectivity index (χ2v) is 14.6. The second kappa shape index (κ2) is 17.3. The van der Waals surface area contributed by atoms with E-state index in [4.69, 9.17) is 0 Å². The molecule has 1 atom stereocenters. The van der Waals surface area contributed by atoms with Gasteiger partial charge in [0.05, 0.1) is 0 Å². The fourth-order valence-corrected chi connectivity index (χ4v) is 8.52. The van der Waals surface area contributed by atoms with Crippen LogP contribution in [-0.2, 0) is 23.3 Å². The van der Waals surface area contributed by atoms with Gasteiger partial charge in [0.1, 0.15) is 0 Å². The van der Waals surface area contributed by atoms with Gasteiger partial charge in [-0.05, 0) is 51.1 Å². The zero-order valence-corrected chi connectivity index (χ0v) is 35.2. The molecule has 1 unspecified atom stereocenters. The molecule has 52 heavy (non-hydrogen) atoms. The van der Waals surface area contributed by atoms with Crippen LogP contribution in [0.4, 0.5) is 0 Å². The number of rotatable bonds is 4. The van der Waals surface area contributed by atoms with E-state index in [1.807, 2.05) is 11.8 Å². The van der Waals surface area contributed by atoms with E-state index in [9.17, 15) is 0 Å². The van der Waals surface area contributed by atoms with E-state index >= 15 is 0 Å². The monoisotopic (exact) mass is 782 g/mol. The van der Waals surface area contributed by atoms with Gasteiger partial charge in [0.25, 0.3) is 0 Å². The van der Waals surface area contributed by atoms with Crippen molar-refractivity contribution in [1.82, 2.24) is 0 Å². The van der Waals surface area contributed by atoms with Crippen molar-refractivity contribution in [3.8, 4) is 22.3 Å². The van der Waals surface area contributed by atoms with Crippen molar-refractivity contribution in [2.45, 2.75) is 32.9 Å². The normalized spacial score (nSPS) is 14.4. The van der Waals surface area contributed by atoms with Crippen LogP contribution < -0.4 is 0 Å². The molecule has 0 saturated carbocycles. The van der Waals surface area contributed by atoms with Crippen molar-refractivity contribution in [2.24, 2.45) is 5.92 Å². The van der Waals surface area contributed by atoms with E-state index in [2.05, 4.69) is 186 Å². The van der Waals surface area contributed by atoms with Crippen molar-refractivity contribution in [1.29, 1.82) is 0 Å². The molecule has 0 N–H and O–H groups in total. The first-order chi connectivity index (χ1) is 24.4. The molecule has 0 aromatic heterocycles. The molecule has 2 aliphatic rings. The molecule has 0 fully saturated rings. The van der Waals surface area contributed by atoms with Crippen LogP contribution in [0.25, 0.3) is 60.1 Å². The third kappa shape index (κ3) is 7.74. The van der Waals surface area contributed by atoms with Gasteiger partial charge in [-0.1, -0.05) is 159 Å². The first-order valence-electron chi connectivity index (χ1n) is 17.2. The zero-order valence-electron chi connectivity index (χ0n) is 30.9. The standard InChI is InChI=1S/C30H21.C17H17S.2CH3.Si.Zr/c1-20-16-23-18-24(27-14-6-10-21-8-2-4-12-25(21)27)19-30(29(23)17-20)28-15-7-11-22-9-3-5-13-26(22)28;1-11(2)14-9-15-16(10-14)18-12(3)17(15)13-7-5-4-6-8-13;;;;/h2-19H,1H3;4-9,11-12H,1-3H3;2*1H3;;/q4*-1;;. The third-order valence-corrected chi connectivity index (χ3v) is 10.8. The quantitative estimate of drug-likeness (QED) is 0.127. The Bertz CT molecular complexity index is 2430. The van der Waals surface area contributed by atoms with Crippen LogP contribution >= 0.6 is 11.8 Å². The van der Waals surface area contributed by atoms with Crippen LogP contribution in [0, 0.1) is 33.8 Å². The van der Waals surface area contributed by atoms with E-state index in [1.165, 1.54) is 111 Å². The number of allylic oxidation sites excluding steroid dienone is 4. The summed E-state index contributed by atoms with van der Waals surface area (Å²) in [6.45, 7) is 12.0. The molecule has 0 spiro atoms. The summed E-state index contributed by atoms with van der Waals surface area (Å²) in [4.78, 5) is 1.34. The van der Waals surface area contributed by atoms with Gasteiger partial charge < -0.3 is 14.9 Å². The van der Waals surface area contributed by atoms with Gasteiger partial charge in [0.15, 0.2) is 0 Å². The molecule has 1 aliphatic carbocycles. The maximum absolute atomic E-state index is 3.57. The predicted molar refractivity (Wildman–Crippen MR) is 229 cm³/mol. The van der Waals surface area contributed by atoms with E-state index in [-0.39, 0.29) is 14.9 Å². The van der Waals surface area contributed by atoms with E-state index in [0.717, 1.165) is 0 Å². The Hall–Kier alpha value is -3.88. The van der Waals surface area contributed by atoms with Gasteiger partial charge in [0, 0.05) is 5.25 Å². The number of aryl methyl sites for hydroxylation is 1. The first-order valence-corrected chi connectivity index (χ1v) is 22.3. The van der Waals surface area contributed by atoms with Crippen molar-refractivity contribution >= 4 is 56.5 Å². The molecular weight excluding hydrogens is 740 g/mol. The summed E-state index contributed by atoms with van der Waals surface area (Å²) in [5.41, 5.74) is 12.0. The molecular formula is C49H44SSiZr-4. The average molecular weight is 784 g/mol. The summed E-state index contributed by atoms with van der Waals surface area (Å²) in [6.07, 6.45) is 5.90. The topological polar surface area (TPSA) is 0 Å². The van der Waals surface area contributed by atoms with Crippen LogP contribution in [0.1, 0.15) is 31.9 Å². The van der Waals surface area contributed by atoms with Crippen LogP contribution in [0.2, 0.25) is 0 Å². The molecule has 1 heterocycles. The summed E-state index contributed by atoms with van der Waals surface area (Å²) in [7, 11) is 0. The summed E-state index contributed by atoms with van der Waals surface area (Å²) < 4.78 is 0. The molecule has 2 radical (unpaired) electrons. The Kier molecular flexibility index (Phi) is 13.1. The molecule has 0 bridgehead atoms. The maximum atomic E-state index is 3.57. The minimum atomic E-state index is 0. The molecule has 0 amide bonds. The summed E-state index contributed by atoms with van der Waals surface area (Å²) in [5, 5.41) is 8.33. The average Bonchev–Trinajstić information content (AvgIpc) is 3.83. The van der Waals surface area contributed by atoms with Gasteiger partial charge in [-0.15, -0.1) is 45.1 Å². The first kappa shape index (κ1) is 39.3. The van der Waals surface area contributed by atoms with Gasteiger partial charge in [0.2, 0.25) is 0 Å². The molecule has 0 nitrogen and oxygen atoms in total. The second-order valence-electron chi connectivity index (χ2n) is 13.3.